The Morgan fingerprint density at radius 2 is 2.06 bits per heavy atom. The highest BCUT2D eigenvalue weighted by atomic mass is 79.9. The minimum atomic E-state index is 0.355. The normalized spacial score (nSPS) is 13.8. The Bertz CT molecular complexity index is 604. The summed E-state index contributed by atoms with van der Waals surface area (Å²) in [6, 6.07) is 8.10. The molecule has 7 heteroatoms. The zero-order valence-corrected chi connectivity index (χ0v) is 11.7. The molecule has 18 heavy (non-hydrogen) atoms. The summed E-state index contributed by atoms with van der Waals surface area (Å²) in [5.41, 5.74) is 11.0. The summed E-state index contributed by atoms with van der Waals surface area (Å²) in [5, 5.41) is 10.9. The first-order valence-electron chi connectivity index (χ1n) is 5.32. The Morgan fingerprint density at radius 1 is 1.28 bits per heavy atom. The number of thioether (sulfide) groups is 1. The van der Waals surface area contributed by atoms with Gasteiger partial charge in [0.15, 0.2) is 5.82 Å². The van der Waals surface area contributed by atoms with Gasteiger partial charge in [-0.25, -0.2) is 4.68 Å². The van der Waals surface area contributed by atoms with Crippen molar-refractivity contribution in [3.63, 3.8) is 0 Å². The molecule has 0 aliphatic carbocycles. The third-order valence-corrected chi connectivity index (χ3v) is 3.91. The van der Waals surface area contributed by atoms with Crippen LogP contribution < -0.4 is 11.2 Å². The maximum atomic E-state index is 5.62. The number of nitrogens with zero attached hydrogens (tertiary/aromatic N) is 3. The first kappa shape index (κ1) is 11.8. The Morgan fingerprint density at radius 3 is 2.78 bits per heavy atom. The number of benzene rings is 1. The third kappa shape index (κ3) is 2.05. The molecule has 0 saturated heterocycles. The van der Waals surface area contributed by atoms with Crippen molar-refractivity contribution < 1.29 is 0 Å². The van der Waals surface area contributed by atoms with Crippen LogP contribution in [-0.4, -0.2) is 14.9 Å². The predicted octanol–water partition coefficient (Wildman–Crippen LogP) is 2.15. The van der Waals surface area contributed by atoms with Crippen molar-refractivity contribution in [2.75, 3.05) is 5.43 Å². The molecule has 3 N–H and O–H groups in total. The quantitative estimate of drug-likeness (QED) is 0.886. The lowest BCUT2D eigenvalue weighted by Gasteiger charge is -2.18. The largest absolute Gasteiger partial charge is 0.324 e. The summed E-state index contributed by atoms with van der Waals surface area (Å²) in [4.78, 5) is 0. The zero-order valence-electron chi connectivity index (χ0n) is 9.30. The molecule has 1 aliphatic rings. The van der Waals surface area contributed by atoms with E-state index in [1.807, 2.05) is 34.3 Å². The summed E-state index contributed by atoms with van der Waals surface area (Å²) >= 11 is 4.95. The standard InChI is InChI=1S/C11H10BrN5S/c12-8-3-1-7(2-4-8)9-6-18-11-15-14-10(5-13)17(11)16-9/h1-4,6,16H,5,13H2. The summed E-state index contributed by atoms with van der Waals surface area (Å²) in [7, 11) is 0. The second-order valence-electron chi connectivity index (χ2n) is 3.71. The summed E-state index contributed by atoms with van der Waals surface area (Å²) in [6.45, 7) is 0.355. The molecule has 2 heterocycles. The number of nitrogens with two attached hydrogens (primary N) is 1. The smallest absolute Gasteiger partial charge is 0.214 e. The molecule has 1 aromatic carbocycles. The minimum Gasteiger partial charge on any atom is -0.324 e. The lowest BCUT2D eigenvalue weighted by molar-refractivity contribution is 0.765. The Hall–Kier alpha value is -1.31. The highest BCUT2D eigenvalue weighted by molar-refractivity contribution is 9.10. The van der Waals surface area contributed by atoms with Gasteiger partial charge in [-0.3, -0.25) is 5.43 Å². The molecule has 0 unspecified atom stereocenters. The van der Waals surface area contributed by atoms with E-state index in [2.05, 4.69) is 31.6 Å². The van der Waals surface area contributed by atoms with Gasteiger partial charge in [-0.1, -0.05) is 39.8 Å². The summed E-state index contributed by atoms with van der Waals surface area (Å²) < 4.78 is 2.88. The van der Waals surface area contributed by atoms with Gasteiger partial charge in [-0.15, -0.1) is 10.2 Å². The van der Waals surface area contributed by atoms with Crippen LogP contribution in [0.25, 0.3) is 5.70 Å². The van der Waals surface area contributed by atoms with Crippen LogP contribution in [0.2, 0.25) is 0 Å². The van der Waals surface area contributed by atoms with E-state index in [1.54, 1.807) is 0 Å². The first-order valence-corrected chi connectivity index (χ1v) is 6.99. The monoisotopic (exact) mass is 323 g/mol. The Balaban J connectivity index is 1.92. The van der Waals surface area contributed by atoms with Crippen molar-refractivity contribution in [1.82, 2.24) is 14.9 Å². The third-order valence-electron chi connectivity index (χ3n) is 2.55. The number of halogens is 1. The molecular weight excluding hydrogens is 314 g/mol. The summed E-state index contributed by atoms with van der Waals surface area (Å²) in [5.74, 6) is 0.722. The molecular formula is C11H10BrN5S. The van der Waals surface area contributed by atoms with E-state index < -0.39 is 0 Å². The van der Waals surface area contributed by atoms with Gasteiger partial charge >= 0.3 is 0 Å². The topological polar surface area (TPSA) is 68.8 Å². The number of hydrogen-bond acceptors (Lipinski definition) is 5. The van der Waals surface area contributed by atoms with Crippen molar-refractivity contribution in [3.05, 3.63) is 45.5 Å². The molecule has 1 aliphatic heterocycles. The molecule has 0 atom stereocenters. The molecule has 0 fully saturated rings. The molecule has 0 spiro atoms. The Kier molecular flexibility index (Phi) is 3.11. The fourth-order valence-electron chi connectivity index (χ4n) is 1.64. The average molecular weight is 324 g/mol. The van der Waals surface area contributed by atoms with E-state index in [-0.39, 0.29) is 0 Å². The van der Waals surface area contributed by atoms with Gasteiger partial charge in [0, 0.05) is 15.4 Å². The van der Waals surface area contributed by atoms with E-state index in [0.717, 1.165) is 26.7 Å². The van der Waals surface area contributed by atoms with Gasteiger partial charge in [0.05, 0.1) is 12.2 Å². The van der Waals surface area contributed by atoms with Crippen molar-refractivity contribution in [2.24, 2.45) is 5.73 Å². The van der Waals surface area contributed by atoms with E-state index >= 15 is 0 Å². The lowest BCUT2D eigenvalue weighted by Crippen LogP contribution is -2.21. The van der Waals surface area contributed by atoms with Crippen LogP contribution in [0.5, 0.6) is 0 Å². The van der Waals surface area contributed by atoms with Crippen LogP contribution >= 0.6 is 27.7 Å². The van der Waals surface area contributed by atoms with Crippen LogP contribution in [0.1, 0.15) is 11.4 Å². The number of rotatable bonds is 2. The molecule has 3 rings (SSSR count). The highest BCUT2D eigenvalue weighted by Gasteiger charge is 2.17. The maximum Gasteiger partial charge on any atom is 0.214 e. The first-order chi connectivity index (χ1) is 8.78. The van der Waals surface area contributed by atoms with E-state index in [1.165, 1.54) is 11.8 Å². The number of fused-ring (bicyclic) bond motifs is 1. The second kappa shape index (κ2) is 4.75. The molecule has 1 aromatic heterocycles. The molecule has 2 aromatic rings. The number of aromatic nitrogens is 3. The molecule has 0 saturated carbocycles. The van der Waals surface area contributed by atoms with Crippen molar-refractivity contribution in [2.45, 2.75) is 11.7 Å². The van der Waals surface area contributed by atoms with Crippen LogP contribution in [-0.2, 0) is 6.54 Å². The van der Waals surface area contributed by atoms with Crippen LogP contribution in [0.3, 0.4) is 0 Å². The van der Waals surface area contributed by atoms with Crippen molar-refractivity contribution >= 4 is 33.4 Å². The van der Waals surface area contributed by atoms with Gasteiger partial charge in [-0.05, 0) is 12.1 Å². The van der Waals surface area contributed by atoms with Gasteiger partial charge in [-0.2, -0.15) is 0 Å². The molecule has 92 valence electrons. The summed E-state index contributed by atoms with van der Waals surface area (Å²) in [6.07, 6.45) is 0. The fraction of sp³-hybridized carbons (Fsp3) is 0.0909. The molecule has 0 radical (unpaired) electrons. The number of hydrogen-bond donors (Lipinski definition) is 2. The SMILES string of the molecule is NCc1nnc2n1NC(c1ccc(Br)cc1)=CS2. The van der Waals surface area contributed by atoms with Gasteiger partial charge in [0.2, 0.25) is 5.16 Å². The predicted molar refractivity (Wildman–Crippen MR) is 75.3 cm³/mol. The van der Waals surface area contributed by atoms with E-state index in [4.69, 9.17) is 5.73 Å². The van der Waals surface area contributed by atoms with Gasteiger partial charge < -0.3 is 5.73 Å². The lowest BCUT2D eigenvalue weighted by atomic mass is 10.2. The van der Waals surface area contributed by atoms with Crippen LogP contribution in [0, 0.1) is 0 Å². The van der Waals surface area contributed by atoms with Crippen molar-refractivity contribution in [3.8, 4) is 0 Å². The minimum absolute atomic E-state index is 0.355. The fourth-order valence-corrected chi connectivity index (χ4v) is 2.66. The maximum absolute atomic E-state index is 5.62. The number of nitrogens with one attached hydrogen (secondary N) is 1. The van der Waals surface area contributed by atoms with Crippen LogP contribution in [0.4, 0.5) is 0 Å². The second-order valence-corrected chi connectivity index (χ2v) is 5.46. The Labute approximate surface area is 117 Å². The van der Waals surface area contributed by atoms with Crippen molar-refractivity contribution in [1.29, 1.82) is 0 Å². The van der Waals surface area contributed by atoms with E-state index in [0.29, 0.717) is 6.54 Å². The zero-order chi connectivity index (χ0) is 12.5. The van der Waals surface area contributed by atoms with E-state index in [9.17, 15) is 0 Å². The van der Waals surface area contributed by atoms with Gasteiger partial charge in [0.1, 0.15) is 0 Å². The van der Waals surface area contributed by atoms with Crippen LogP contribution in [0.15, 0.2) is 39.3 Å². The van der Waals surface area contributed by atoms with Gasteiger partial charge in [0.25, 0.3) is 0 Å². The highest BCUT2D eigenvalue weighted by Crippen LogP contribution is 2.28. The molecule has 0 amide bonds. The molecule has 5 nitrogen and oxygen atoms in total. The molecule has 0 bridgehead atoms. The average Bonchev–Trinajstić information content (AvgIpc) is 2.81.